The summed E-state index contributed by atoms with van der Waals surface area (Å²) in [5.41, 5.74) is 6.59. The lowest BCUT2D eigenvalue weighted by molar-refractivity contribution is -0.148. The van der Waals surface area contributed by atoms with Crippen molar-refractivity contribution in [3.8, 4) is 22.3 Å². The molecule has 184 valence electrons. The van der Waals surface area contributed by atoms with Crippen LogP contribution in [0.25, 0.3) is 22.3 Å². The molecule has 0 fully saturated rings. The summed E-state index contributed by atoms with van der Waals surface area (Å²) < 4.78 is 0. The predicted molar refractivity (Wildman–Crippen MR) is 141 cm³/mol. The maximum absolute atomic E-state index is 12.9. The van der Waals surface area contributed by atoms with Crippen molar-refractivity contribution in [2.45, 2.75) is 47.0 Å². The fraction of sp³-hybridized carbons (Fsp3) is 0.300. The van der Waals surface area contributed by atoms with E-state index in [1.165, 1.54) is 23.6 Å². The van der Waals surface area contributed by atoms with E-state index in [2.05, 4.69) is 74.6 Å². The zero-order chi connectivity index (χ0) is 25.8. The van der Waals surface area contributed by atoms with Crippen molar-refractivity contribution in [3.63, 3.8) is 0 Å². The highest BCUT2D eigenvalue weighted by Crippen LogP contribution is 2.34. The average molecular weight is 474 g/mol. The van der Waals surface area contributed by atoms with Crippen LogP contribution in [0.15, 0.2) is 72.8 Å². The van der Waals surface area contributed by atoms with Crippen LogP contribution in [0.4, 0.5) is 0 Å². The smallest absolute Gasteiger partial charge is 0.372 e. The zero-order valence-electron chi connectivity index (χ0n) is 21.0. The minimum atomic E-state index is -1.34. The van der Waals surface area contributed by atoms with E-state index < -0.39 is 11.8 Å². The van der Waals surface area contributed by atoms with Crippen molar-refractivity contribution in [1.82, 2.24) is 5.32 Å². The third-order valence-corrected chi connectivity index (χ3v) is 5.64. The number of benzene rings is 3. The van der Waals surface area contributed by atoms with Crippen LogP contribution in [-0.2, 0) is 16.0 Å². The van der Waals surface area contributed by atoms with Gasteiger partial charge in [0.15, 0.2) is 0 Å². The molecule has 0 atom stereocenters. The molecular formula is C30H35NO4. The van der Waals surface area contributed by atoms with E-state index in [1.54, 1.807) is 0 Å². The maximum Gasteiger partial charge on any atom is 0.372 e. The number of carboxylic acid groups (broad SMARTS) is 1. The highest BCUT2D eigenvalue weighted by molar-refractivity contribution is 6.32. The summed E-state index contributed by atoms with van der Waals surface area (Å²) in [6.07, 6.45) is 1.97. The Morgan fingerprint density at radius 3 is 1.97 bits per heavy atom. The molecule has 3 rings (SSSR count). The van der Waals surface area contributed by atoms with E-state index >= 15 is 0 Å². The average Bonchev–Trinajstić information content (AvgIpc) is 2.88. The molecule has 0 aliphatic carbocycles. The molecule has 5 heteroatoms. The summed E-state index contributed by atoms with van der Waals surface area (Å²) in [5.74, 6) is -1.50. The Labute approximate surface area is 208 Å². The maximum atomic E-state index is 12.9. The number of amides is 1. The monoisotopic (exact) mass is 473 g/mol. The Bertz CT molecular complexity index is 1140. The predicted octanol–water partition coefficient (Wildman–Crippen LogP) is 6.41. The van der Waals surface area contributed by atoms with Crippen molar-refractivity contribution in [2.24, 2.45) is 5.92 Å². The van der Waals surface area contributed by atoms with E-state index in [9.17, 15) is 14.4 Å². The summed E-state index contributed by atoms with van der Waals surface area (Å²) in [5, 5.41) is 10.9. The molecule has 0 unspecified atom stereocenters. The van der Waals surface area contributed by atoms with Crippen LogP contribution in [0.5, 0.6) is 0 Å². The van der Waals surface area contributed by atoms with Crippen molar-refractivity contribution >= 4 is 17.7 Å². The summed E-state index contributed by atoms with van der Waals surface area (Å²) in [7, 11) is 0. The number of ketones is 1. The molecular weight excluding hydrogens is 438 g/mol. The molecule has 3 aromatic carbocycles. The van der Waals surface area contributed by atoms with Crippen LogP contribution < -0.4 is 5.32 Å². The zero-order valence-corrected chi connectivity index (χ0v) is 21.0. The topological polar surface area (TPSA) is 83.5 Å². The first-order valence-electron chi connectivity index (χ1n) is 12.1. The Hall–Kier alpha value is -3.73. The quantitative estimate of drug-likeness (QED) is 0.352. The second-order valence-electron chi connectivity index (χ2n) is 8.62. The summed E-state index contributed by atoms with van der Waals surface area (Å²) in [4.78, 5) is 32.4. The van der Waals surface area contributed by atoms with E-state index in [-0.39, 0.29) is 12.3 Å². The Balaban J connectivity index is 0.000000540. The van der Waals surface area contributed by atoms with E-state index in [1.807, 2.05) is 24.3 Å². The third-order valence-electron chi connectivity index (χ3n) is 5.64. The van der Waals surface area contributed by atoms with Crippen molar-refractivity contribution in [3.05, 3.63) is 83.9 Å². The van der Waals surface area contributed by atoms with Crippen LogP contribution in [0.2, 0.25) is 0 Å². The van der Waals surface area contributed by atoms with Gasteiger partial charge in [-0.05, 0) is 52.6 Å². The van der Waals surface area contributed by atoms with Crippen molar-refractivity contribution < 1.29 is 19.5 Å². The summed E-state index contributed by atoms with van der Waals surface area (Å²) in [6, 6.07) is 24.8. The highest BCUT2D eigenvalue weighted by Gasteiger charge is 2.16. The van der Waals surface area contributed by atoms with E-state index in [4.69, 9.17) is 5.11 Å². The molecule has 1 amide bonds. The number of carboxylic acids is 1. The van der Waals surface area contributed by atoms with Gasteiger partial charge in [0.2, 0.25) is 5.78 Å². The number of carbonyl (C=O) groups is 3. The van der Waals surface area contributed by atoms with Gasteiger partial charge in [-0.3, -0.25) is 9.59 Å². The normalized spacial score (nSPS) is 10.3. The number of hydrogen-bond donors (Lipinski definition) is 2. The van der Waals surface area contributed by atoms with Gasteiger partial charge in [-0.2, -0.15) is 0 Å². The molecule has 0 saturated carbocycles. The summed E-state index contributed by atoms with van der Waals surface area (Å²) in [6.45, 7) is 8.73. The second-order valence-corrected chi connectivity index (χ2v) is 8.62. The first-order chi connectivity index (χ1) is 16.8. The van der Waals surface area contributed by atoms with Gasteiger partial charge in [-0.25, -0.2) is 4.79 Å². The van der Waals surface area contributed by atoms with Crippen LogP contribution in [0, 0.1) is 5.92 Å². The van der Waals surface area contributed by atoms with Crippen LogP contribution in [0.1, 0.15) is 56.5 Å². The SMILES string of the molecule is CCC(=O)C(=O)O.CCc1c(-c2ccccc2)cccc1-c1ccccc1C(=O)NCCC(C)C. The number of carbonyl (C=O) groups excluding carboxylic acids is 2. The molecule has 0 bridgehead atoms. The third kappa shape index (κ3) is 7.92. The van der Waals surface area contributed by atoms with E-state index in [0.29, 0.717) is 12.5 Å². The summed E-state index contributed by atoms with van der Waals surface area (Å²) >= 11 is 0. The molecule has 35 heavy (non-hydrogen) atoms. The molecule has 0 radical (unpaired) electrons. The fourth-order valence-electron chi connectivity index (χ4n) is 3.75. The lowest BCUT2D eigenvalue weighted by atomic mass is 9.88. The first kappa shape index (κ1) is 27.5. The molecule has 0 saturated heterocycles. The molecule has 0 spiro atoms. The lowest BCUT2D eigenvalue weighted by Gasteiger charge is -2.17. The van der Waals surface area contributed by atoms with Crippen molar-refractivity contribution in [1.29, 1.82) is 0 Å². The minimum absolute atomic E-state index is 0.00316. The van der Waals surface area contributed by atoms with Crippen molar-refractivity contribution in [2.75, 3.05) is 6.54 Å². The molecule has 2 N–H and O–H groups in total. The Morgan fingerprint density at radius 1 is 0.800 bits per heavy atom. The van der Waals surface area contributed by atoms with Gasteiger partial charge < -0.3 is 10.4 Å². The minimum Gasteiger partial charge on any atom is -0.476 e. The fourth-order valence-corrected chi connectivity index (χ4v) is 3.75. The molecule has 5 nitrogen and oxygen atoms in total. The molecule has 0 aliphatic rings. The Kier molecular flexibility index (Phi) is 10.9. The van der Waals surface area contributed by atoms with Crippen LogP contribution in [-0.4, -0.2) is 29.3 Å². The number of aliphatic carboxylic acids is 1. The van der Waals surface area contributed by atoms with Gasteiger partial charge in [0.05, 0.1) is 0 Å². The second kappa shape index (κ2) is 13.9. The molecule has 0 heterocycles. The largest absolute Gasteiger partial charge is 0.476 e. The van der Waals surface area contributed by atoms with Crippen LogP contribution >= 0.6 is 0 Å². The van der Waals surface area contributed by atoms with Gasteiger partial charge in [0.25, 0.3) is 5.91 Å². The lowest BCUT2D eigenvalue weighted by Crippen LogP contribution is -2.25. The van der Waals surface area contributed by atoms with Gasteiger partial charge in [0, 0.05) is 18.5 Å². The Morgan fingerprint density at radius 2 is 1.40 bits per heavy atom. The van der Waals surface area contributed by atoms with Crippen LogP contribution in [0.3, 0.4) is 0 Å². The van der Waals surface area contributed by atoms with Gasteiger partial charge in [-0.1, -0.05) is 94.4 Å². The first-order valence-corrected chi connectivity index (χ1v) is 12.1. The number of hydrogen-bond acceptors (Lipinski definition) is 3. The van der Waals surface area contributed by atoms with Gasteiger partial charge in [-0.15, -0.1) is 0 Å². The molecule has 0 aliphatic heterocycles. The van der Waals surface area contributed by atoms with Gasteiger partial charge in [0.1, 0.15) is 0 Å². The van der Waals surface area contributed by atoms with E-state index in [0.717, 1.165) is 29.5 Å². The standard InChI is InChI=1S/C26H29NO.C4H6O3/c1-4-21-22(20-11-6-5-7-12-20)15-10-16-23(21)24-13-8-9-14-25(24)26(28)27-18-17-19(2)3;1-2-3(5)4(6)7/h5-16,19H,4,17-18H2,1-3H3,(H,27,28);2H2,1H3,(H,6,7). The number of rotatable bonds is 9. The van der Waals surface area contributed by atoms with Gasteiger partial charge >= 0.3 is 5.97 Å². The molecule has 0 aromatic heterocycles. The number of nitrogens with one attached hydrogen (secondary N) is 1. The number of Topliss-reactive ketones (excluding diaryl/α,β-unsaturated/α-hetero) is 1. The highest BCUT2D eigenvalue weighted by atomic mass is 16.4. The molecule has 3 aromatic rings.